The smallest absolute Gasteiger partial charge is 0.0233 e. The molecule has 1 saturated carbocycles. The van der Waals surface area contributed by atoms with E-state index in [1.165, 1.54) is 25.1 Å². The fraction of sp³-hybridized carbons (Fsp3) is 0.538. The molecule has 2 saturated heterocycles. The van der Waals surface area contributed by atoms with Crippen molar-refractivity contribution in [3.05, 3.63) is 35.9 Å². The van der Waals surface area contributed by atoms with Crippen LogP contribution in [0.25, 0.3) is 0 Å². The van der Waals surface area contributed by atoms with Crippen molar-refractivity contribution >= 4 is 0 Å². The monoisotopic (exact) mass is 202 g/mol. The van der Waals surface area contributed by atoms with Crippen LogP contribution in [0.3, 0.4) is 0 Å². The number of rotatable bonds is 2. The first-order chi connectivity index (χ1) is 7.33. The van der Waals surface area contributed by atoms with Crippen molar-refractivity contribution in [1.82, 2.24) is 4.90 Å². The van der Waals surface area contributed by atoms with E-state index in [4.69, 9.17) is 5.73 Å². The summed E-state index contributed by atoms with van der Waals surface area (Å²) in [5.41, 5.74) is 7.48. The van der Waals surface area contributed by atoms with Gasteiger partial charge in [-0.3, -0.25) is 4.90 Å². The normalized spacial score (nSPS) is 34.9. The van der Waals surface area contributed by atoms with E-state index in [0.29, 0.717) is 6.04 Å². The molecule has 4 rings (SSSR count). The third kappa shape index (κ3) is 1.68. The average Bonchev–Trinajstić information content (AvgIpc) is 2.30. The molecular formula is C13H18N2. The molecule has 2 heterocycles. The van der Waals surface area contributed by atoms with Gasteiger partial charge < -0.3 is 5.73 Å². The van der Waals surface area contributed by atoms with E-state index in [9.17, 15) is 0 Å². The Balaban J connectivity index is 1.62. The zero-order chi connectivity index (χ0) is 10.3. The largest absolute Gasteiger partial charge is 0.327 e. The summed E-state index contributed by atoms with van der Waals surface area (Å²) in [6.07, 6.45) is 1.37. The van der Waals surface area contributed by atoms with Gasteiger partial charge in [0.2, 0.25) is 0 Å². The summed E-state index contributed by atoms with van der Waals surface area (Å²) in [5, 5.41) is 0. The van der Waals surface area contributed by atoms with Gasteiger partial charge in [0.1, 0.15) is 0 Å². The molecule has 2 bridgehead atoms. The van der Waals surface area contributed by atoms with Gasteiger partial charge in [-0.25, -0.2) is 0 Å². The van der Waals surface area contributed by atoms with E-state index in [2.05, 4.69) is 35.2 Å². The lowest BCUT2D eigenvalue weighted by Crippen LogP contribution is -2.61. The van der Waals surface area contributed by atoms with Crippen LogP contribution in [-0.4, -0.2) is 24.0 Å². The second-order valence-electron chi connectivity index (χ2n) is 5.01. The van der Waals surface area contributed by atoms with Gasteiger partial charge >= 0.3 is 0 Å². The summed E-state index contributed by atoms with van der Waals surface area (Å²) in [6.45, 7) is 3.50. The molecule has 0 radical (unpaired) electrons. The minimum Gasteiger partial charge on any atom is -0.327 e. The number of hydrogen-bond donors (Lipinski definition) is 1. The molecule has 80 valence electrons. The van der Waals surface area contributed by atoms with Crippen LogP contribution in [0.1, 0.15) is 12.0 Å². The SMILES string of the molecule is NC1[C@@H]2C[C@H]1CN(Cc1ccccc1)C2. The summed E-state index contributed by atoms with van der Waals surface area (Å²) >= 11 is 0. The second-order valence-corrected chi connectivity index (χ2v) is 5.01. The van der Waals surface area contributed by atoms with Gasteiger partial charge in [0.15, 0.2) is 0 Å². The molecule has 3 aliphatic rings. The molecule has 1 aliphatic carbocycles. The lowest BCUT2D eigenvalue weighted by atomic mass is 9.67. The van der Waals surface area contributed by atoms with Crippen molar-refractivity contribution in [3.8, 4) is 0 Å². The standard InChI is InChI=1S/C13H18N2/c14-13-11-6-12(13)9-15(8-11)7-10-4-2-1-3-5-10/h1-5,11-13H,6-9,14H2/t11-,12+,13?. The Hall–Kier alpha value is -0.860. The Bertz CT molecular complexity index is 324. The van der Waals surface area contributed by atoms with Crippen molar-refractivity contribution in [3.63, 3.8) is 0 Å². The van der Waals surface area contributed by atoms with Crippen molar-refractivity contribution in [2.75, 3.05) is 13.1 Å². The van der Waals surface area contributed by atoms with Crippen LogP contribution in [0.5, 0.6) is 0 Å². The maximum Gasteiger partial charge on any atom is 0.0233 e. The fourth-order valence-corrected chi connectivity index (χ4v) is 2.99. The highest BCUT2D eigenvalue weighted by molar-refractivity contribution is 5.15. The average molecular weight is 202 g/mol. The number of fused-ring (bicyclic) bond motifs is 2. The fourth-order valence-electron chi connectivity index (χ4n) is 2.99. The summed E-state index contributed by atoms with van der Waals surface area (Å²) in [7, 11) is 0. The number of benzene rings is 1. The number of nitrogens with two attached hydrogens (primary N) is 1. The van der Waals surface area contributed by atoms with E-state index >= 15 is 0 Å². The Morgan fingerprint density at radius 2 is 1.80 bits per heavy atom. The third-order valence-corrected chi connectivity index (χ3v) is 3.93. The zero-order valence-corrected chi connectivity index (χ0v) is 8.97. The lowest BCUT2D eigenvalue weighted by Gasteiger charge is -2.52. The Morgan fingerprint density at radius 1 is 1.13 bits per heavy atom. The molecule has 15 heavy (non-hydrogen) atoms. The first kappa shape index (κ1) is 9.37. The molecule has 3 atom stereocenters. The molecule has 0 spiro atoms. The van der Waals surface area contributed by atoms with Gasteiger partial charge in [0, 0.05) is 25.7 Å². The number of hydrogen-bond acceptors (Lipinski definition) is 2. The van der Waals surface area contributed by atoms with E-state index in [1.54, 1.807) is 0 Å². The van der Waals surface area contributed by atoms with Crippen LogP contribution < -0.4 is 5.73 Å². The van der Waals surface area contributed by atoms with E-state index < -0.39 is 0 Å². The van der Waals surface area contributed by atoms with Crippen LogP contribution in [0.2, 0.25) is 0 Å². The summed E-state index contributed by atoms with van der Waals surface area (Å²) in [5.74, 6) is 1.54. The van der Waals surface area contributed by atoms with Crippen molar-refractivity contribution < 1.29 is 0 Å². The summed E-state index contributed by atoms with van der Waals surface area (Å²) in [6, 6.07) is 11.2. The first-order valence-corrected chi connectivity index (χ1v) is 5.85. The molecule has 2 nitrogen and oxygen atoms in total. The molecule has 2 aliphatic heterocycles. The first-order valence-electron chi connectivity index (χ1n) is 5.85. The molecular weight excluding hydrogens is 184 g/mol. The Labute approximate surface area is 91.1 Å². The Morgan fingerprint density at radius 3 is 2.40 bits per heavy atom. The highest BCUT2D eigenvalue weighted by Crippen LogP contribution is 2.38. The molecule has 1 aromatic rings. The minimum atomic E-state index is 0.497. The van der Waals surface area contributed by atoms with Crippen LogP contribution in [-0.2, 0) is 6.54 Å². The number of piperidine rings is 2. The topological polar surface area (TPSA) is 29.3 Å². The quantitative estimate of drug-likeness (QED) is 0.787. The molecule has 0 aromatic heterocycles. The van der Waals surface area contributed by atoms with Gasteiger partial charge in [-0.1, -0.05) is 30.3 Å². The van der Waals surface area contributed by atoms with Gasteiger partial charge in [-0.05, 0) is 23.8 Å². The molecule has 2 heteroatoms. The summed E-state index contributed by atoms with van der Waals surface area (Å²) in [4.78, 5) is 2.55. The molecule has 1 aromatic carbocycles. The molecule has 2 N–H and O–H groups in total. The van der Waals surface area contributed by atoms with Crippen LogP contribution >= 0.6 is 0 Å². The van der Waals surface area contributed by atoms with Crippen LogP contribution in [0, 0.1) is 11.8 Å². The predicted octanol–water partition coefficient (Wildman–Crippen LogP) is 1.47. The highest BCUT2D eigenvalue weighted by atomic mass is 15.2. The highest BCUT2D eigenvalue weighted by Gasteiger charge is 2.44. The van der Waals surface area contributed by atoms with Gasteiger partial charge in [0.25, 0.3) is 0 Å². The lowest BCUT2D eigenvalue weighted by molar-refractivity contribution is -0.00139. The third-order valence-electron chi connectivity index (χ3n) is 3.93. The van der Waals surface area contributed by atoms with Crippen LogP contribution in [0.4, 0.5) is 0 Å². The molecule has 0 amide bonds. The minimum absolute atomic E-state index is 0.497. The maximum absolute atomic E-state index is 6.06. The maximum atomic E-state index is 6.06. The molecule has 3 fully saturated rings. The van der Waals surface area contributed by atoms with Gasteiger partial charge in [-0.15, -0.1) is 0 Å². The van der Waals surface area contributed by atoms with Crippen molar-refractivity contribution in [2.24, 2.45) is 17.6 Å². The van der Waals surface area contributed by atoms with Gasteiger partial charge in [0.05, 0.1) is 0 Å². The Kier molecular flexibility index (Phi) is 2.26. The second kappa shape index (κ2) is 3.62. The van der Waals surface area contributed by atoms with Crippen molar-refractivity contribution in [2.45, 2.75) is 19.0 Å². The number of nitrogens with zero attached hydrogens (tertiary/aromatic N) is 1. The van der Waals surface area contributed by atoms with E-state index in [0.717, 1.165) is 18.4 Å². The van der Waals surface area contributed by atoms with E-state index in [-0.39, 0.29) is 0 Å². The van der Waals surface area contributed by atoms with Crippen molar-refractivity contribution in [1.29, 1.82) is 0 Å². The molecule has 1 unspecified atom stereocenters. The zero-order valence-electron chi connectivity index (χ0n) is 8.97. The van der Waals surface area contributed by atoms with Gasteiger partial charge in [-0.2, -0.15) is 0 Å². The predicted molar refractivity (Wildman–Crippen MR) is 61.3 cm³/mol. The van der Waals surface area contributed by atoms with Crippen LogP contribution in [0.15, 0.2) is 30.3 Å². The van der Waals surface area contributed by atoms with E-state index in [1.807, 2.05) is 0 Å². The summed E-state index contributed by atoms with van der Waals surface area (Å²) < 4.78 is 0.